The van der Waals surface area contributed by atoms with Crippen molar-refractivity contribution < 1.29 is 8.78 Å². The summed E-state index contributed by atoms with van der Waals surface area (Å²) in [6.45, 7) is 0.535. The quantitative estimate of drug-likeness (QED) is 0.447. The Morgan fingerprint density at radius 3 is 2.81 bits per heavy atom. The van der Waals surface area contributed by atoms with Crippen molar-refractivity contribution in [3.8, 4) is 0 Å². The van der Waals surface area contributed by atoms with E-state index in [1.54, 1.807) is 16.8 Å². The third-order valence-corrected chi connectivity index (χ3v) is 6.98. The molecule has 3 heterocycles. The highest BCUT2D eigenvalue weighted by Gasteiger charge is 2.42. The van der Waals surface area contributed by atoms with Crippen LogP contribution in [0.1, 0.15) is 36.8 Å². The number of halogens is 2. The van der Waals surface area contributed by atoms with Gasteiger partial charge in [0.15, 0.2) is 0 Å². The molecule has 0 N–H and O–H groups in total. The lowest BCUT2D eigenvalue weighted by atomic mass is 9.90. The Hall–Kier alpha value is -3.09. The first kappa shape index (κ1) is 18.7. The van der Waals surface area contributed by atoms with Gasteiger partial charge in [-0.1, -0.05) is 18.2 Å². The van der Waals surface area contributed by atoms with E-state index in [4.69, 9.17) is 4.98 Å². The molecular weight excluding hydrogens is 396 g/mol. The van der Waals surface area contributed by atoms with E-state index in [0.29, 0.717) is 22.5 Å². The smallest absolute Gasteiger partial charge is 0.257 e. The number of fused-ring (bicyclic) bond motifs is 4. The summed E-state index contributed by atoms with van der Waals surface area (Å²) in [6.07, 6.45) is 7.26. The Morgan fingerprint density at radius 1 is 1.10 bits per heavy atom. The predicted octanol–water partition coefficient (Wildman–Crippen LogP) is 5.18. The van der Waals surface area contributed by atoms with Crippen molar-refractivity contribution in [1.82, 2.24) is 19.6 Å². The molecule has 4 aromatic rings. The van der Waals surface area contributed by atoms with Crippen molar-refractivity contribution in [2.45, 2.75) is 38.5 Å². The fourth-order valence-corrected chi connectivity index (χ4v) is 4.93. The van der Waals surface area contributed by atoms with E-state index < -0.39 is 0 Å². The third-order valence-electron chi connectivity index (χ3n) is 6.98. The Morgan fingerprint density at radius 2 is 1.97 bits per heavy atom. The van der Waals surface area contributed by atoms with E-state index >= 15 is 4.39 Å². The molecule has 0 bridgehead atoms. The number of aryl methyl sites for hydroxylation is 1. The standard InChI is InChI=1S/C24H23F2N5/c25-14-24(11-12-24)10-9-16-4-1-7-19-17(16)5-3-13-30(19)22-21-18(26)6-2-8-20(21)31-15-27-29-23(31)28-22/h1-2,4,6-8,15H,3,5,9-14H2. The van der Waals surface area contributed by atoms with Crippen LogP contribution < -0.4 is 4.90 Å². The van der Waals surface area contributed by atoms with E-state index in [9.17, 15) is 4.39 Å². The van der Waals surface area contributed by atoms with E-state index in [-0.39, 0.29) is 17.9 Å². The van der Waals surface area contributed by atoms with Gasteiger partial charge in [0.1, 0.15) is 18.0 Å². The second kappa shape index (κ2) is 6.97. The zero-order valence-corrected chi connectivity index (χ0v) is 17.2. The second-order valence-corrected chi connectivity index (χ2v) is 8.87. The maximum absolute atomic E-state index is 15.0. The molecular formula is C24H23F2N5. The van der Waals surface area contributed by atoms with Gasteiger partial charge >= 0.3 is 0 Å². The summed E-state index contributed by atoms with van der Waals surface area (Å²) in [5, 5.41) is 8.56. The van der Waals surface area contributed by atoms with Crippen molar-refractivity contribution in [3.63, 3.8) is 0 Å². The lowest BCUT2D eigenvalue weighted by Gasteiger charge is -2.32. The number of rotatable bonds is 5. The van der Waals surface area contributed by atoms with Crippen LogP contribution in [0, 0.1) is 11.2 Å². The predicted molar refractivity (Wildman–Crippen MR) is 116 cm³/mol. The van der Waals surface area contributed by atoms with Gasteiger partial charge in [-0.2, -0.15) is 4.98 Å². The first-order valence-corrected chi connectivity index (χ1v) is 10.9. The summed E-state index contributed by atoms with van der Waals surface area (Å²) in [5.74, 6) is 0.724. The maximum atomic E-state index is 15.0. The summed E-state index contributed by atoms with van der Waals surface area (Å²) < 4.78 is 30.1. The van der Waals surface area contributed by atoms with Crippen molar-refractivity contribution in [2.24, 2.45) is 5.41 Å². The number of alkyl halides is 1. The highest BCUT2D eigenvalue weighted by molar-refractivity contribution is 5.94. The summed E-state index contributed by atoms with van der Waals surface area (Å²) >= 11 is 0. The van der Waals surface area contributed by atoms with Crippen LogP contribution in [-0.2, 0) is 12.8 Å². The van der Waals surface area contributed by atoms with Crippen molar-refractivity contribution in [3.05, 3.63) is 59.7 Å². The van der Waals surface area contributed by atoms with E-state index in [1.807, 2.05) is 6.07 Å². The molecule has 7 heteroatoms. The lowest BCUT2D eigenvalue weighted by molar-refractivity contribution is 0.324. The van der Waals surface area contributed by atoms with Gasteiger partial charge in [-0.3, -0.25) is 8.79 Å². The number of nitrogens with zero attached hydrogens (tertiary/aromatic N) is 5. The summed E-state index contributed by atoms with van der Waals surface area (Å²) in [6, 6.07) is 11.3. The Balaban J connectivity index is 1.47. The monoisotopic (exact) mass is 419 g/mol. The molecule has 158 valence electrons. The topological polar surface area (TPSA) is 46.3 Å². The number of hydrogen-bond acceptors (Lipinski definition) is 4. The molecule has 0 atom stereocenters. The van der Waals surface area contributed by atoms with Crippen LogP contribution in [0.3, 0.4) is 0 Å². The molecule has 1 fully saturated rings. The SMILES string of the molecule is FCC1(CCc2cccc3c2CCCN3c2nc3nncn3c3cccc(F)c23)CC1. The minimum atomic E-state index is -0.308. The van der Waals surface area contributed by atoms with Crippen LogP contribution >= 0.6 is 0 Å². The molecule has 2 aliphatic rings. The van der Waals surface area contributed by atoms with Crippen LogP contribution in [0.4, 0.5) is 20.3 Å². The Kier molecular flexibility index (Phi) is 4.20. The van der Waals surface area contributed by atoms with Gasteiger partial charge in [0.05, 0.1) is 17.6 Å². The fraction of sp³-hybridized carbons (Fsp3) is 0.375. The molecule has 2 aromatic heterocycles. The molecule has 0 amide bonds. The third kappa shape index (κ3) is 2.98. The molecule has 1 aliphatic carbocycles. The van der Waals surface area contributed by atoms with Crippen LogP contribution in [0.25, 0.3) is 16.7 Å². The van der Waals surface area contributed by atoms with Crippen LogP contribution in [-0.4, -0.2) is 32.8 Å². The average Bonchev–Trinajstić information content (AvgIpc) is 3.43. The number of hydrogen-bond donors (Lipinski definition) is 0. The molecule has 0 saturated heterocycles. The molecule has 0 radical (unpaired) electrons. The van der Waals surface area contributed by atoms with Crippen molar-refractivity contribution >= 4 is 28.2 Å². The Labute approximate surface area is 178 Å². The van der Waals surface area contributed by atoms with Gasteiger partial charge in [-0.15, -0.1) is 10.2 Å². The van der Waals surface area contributed by atoms with Gasteiger partial charge < -0.3 is 4.90 Å². The zero-order valence-electron chi connectivity index (χ0n) is 17.2. The minimum absolute atomic E-state index is 0.0866. The summed E-state index contributed by atoms with van der Waals surface area (Å²) in [7, 11) is 0. The largest absolute Gasteiger partial charge is 0.325 e. The van der Waals surface area contributed by atoms with Crippen molar-refractivity contribution in [1.29, 1.82) is 0 Å². The molecule has 31 heavy (non-hydrogen) atoms. The summed E-state index contributed by atoms with van der Waals surface area (Å²) in [5.41, 5.74) is 4.23. The molecule has 2 aromatic carbocycles. The first-order chi connectivity index (χ1) is 15.2. The molecule has 0 spiro atoms. The van der Waals surface area contributed by atoms with Gasteiger partial charge in [0, 0.05) is 12.2 Å². The van der Waals surface area contributed by atoms with Gasteiger partial charge in [0.2, 0.25) is 0 Å². The number of benzene rings is 2. The van der Waals surface area contributed by atoms with Crippen LogP contribution in [0.15, 0.2) is 42.7 Å². The second-order valence-electron chi connectivity index (χ2n) is 8.87. The van der Waals surface area contributed by atoms with E-state index in [1.165, 1.54) is 17.2 Å². The van der Waals surface area contributed by atoms with Crippen LogP contribution in [0.5, 0.6) is 0 Å². The number of anilines is 2. The molecule has 6 rings (SSSR count). The minimum Gasteiger partial charge on any atom is -0.325 e. The molecule has 1 aliphatic heterocycles. The van der Waals surface area contributed by atoms with Gasteiger partial charge in [0.25, 0.3) is 5.78 Å². The highest BCUT2D eigenvalue weighted by Crippen LogP contribution is 2.50. The van der Waals surface area contributed by atoms with Crippen molar-refractivity contribution in [2.75, 3.05) is 18.1 Å². The van der Waals surface area contributed by atoms with Crippen LogP contribution in [0.2, 0.25) is 0 Å². The molecule has 5 nitrogen and oxygen atoms in total. The van der Waals surface area contributed by atoms with E-state index in [0.717, 1.165) is 50.8 Å². The lowest BCUT2D eigenvalue weighted by Crippen LogP contribution is -2.27. The number of aromatic nitrogens is 4. The maximum Gasteiger partial charge on any atom is 0.257 e. The first-order valence-electron chi connectivity index (χ1n) is 10.9. The molecule has 0 unspecified atom stereocenters. The van der Waals surface area contributed by atoms with Gasteiger partial charge in [-0.05, 0) is 73.3 Å². The average molecular weight is 419 g/mol. The van der Waals surface area contributed by atoms with E-state index in [2.05, 4.69) is 33.3 Å². The normalized spacial score (nSPS) is 17.3. The Bertz CT molecular complexity index is 1290. The zero-order chi connectivity index (χ0) is 21.0. The van der Waals surface area contributed by atoms with Gasteiger partial charge in [-0.25, -0.2) is 4.39 Å². The highest BCUT2D eigenvalue weighted by atomic mass is 19.1. The molecule has 1 saturated carbocycles. The fourth-order valence-electron chi connectivity index (χ4n) is 4.93. The summed E-state index contributed by atoms with van der Waals surface area (Å²) in [4.78, 5) is 6.83.